The van der Waals surface area contributed by atoms with Crippen LogP contribution in [-0.4, -0.2) is 54.2 Å². The van der Waals surface area contributed by atoms with Crippen LogP contribution in [0.15, 0.2) is 35.2 Å². The summed E-state index contributed by atoms with van der Waals surface area (Å²) in [4.78, 5) is 23.9. The topological polar surface area (TPSA) is 80.3 Å². The molecule has 148 valence electrons. The van der Waals surface area contributed by atoms with Crippen LogP contribution in [0.5, 0.6) is 0 Å². The summed E-state index contributed by atoms with van der Waals surface area (Å²) in [6, 6.07) is 9.77. The lowest BCUT2D eigenvalue weighted by Crippen LogP contribution is -2.58. The van der Waals surface area contributed by atoms with Gasteiger partial charge in [0, 0.05) is 18.7 Å². The third kappa shape index (κ3) is 5.01. The Hall–Kier alpha value is -1.61. The van der Waals surface area contributed by atoms with Crippen molar-refractivity contribution in [2.75, 3.05) is 6.61 Å². The van der Waals surface area contributed by atoms with E-state index in [1.165, 1.54) is 25.6 Å². The van der Waals surface area contributed by atoms with Crippen LogP contribution in [0.25, 0.3) is 0 Å². The van der Waals surface area contributed by atoms with Crippen LogP contribution in [0.4, 0.5) is 0 Å². The lowest BCUT2D eigenvalue weighted by Gasteiger charge is -2.41. The first-order valence-electron chi connectivity index (χ1n) is 8.78. The molecule has 0 N–H and O–H groups in total. The smallest absolute Gasteiger partial charge is 0.303 e. The summed E-state index contributed by atoms with van der Waals surface area (Å²) in [5, 5.41) is 0. The molecule has 5 atom stereocenters. The summed E-state index contributed by atoms with van der Waals surface area (Å²) in [7, 11) is 0. The summed E-state index contributed by atoms with van der Waals surface area (Å²) in [5.74, 6) is -1.74. The van der Waals surface area contributed by atoms with Crippen LogP contribution in [0.3, 0.4) is 0 Å². The van der Waals surface area contributed by atoms with Gasteiger partial charge in [-0.15, -0.1) is 0 Å². The minimum Gasteiger partial charge on any atom is -0.463 e. The molecule has 0 spiro atoms. The van der Waals surface area contributed by atoms with Gasteiger partial charge in [-0.05, 0) is 26.0 Å². The van der Waals surface area contributed by atoms with Gasteiger partial charge in [-0.3, -0.25) is 9.59 Å². The van der Waals surface area contributed by atoms with Crippen molar-refractivity contribution in [2.45, 2.75) is 68.2 Å². The predicted molar refractivity (Wildman–Crippen MR) is 97.0 cm³/mol. The Labute approximate surface area is 162 Å². The molecule has 0 saturated carbocycles. The first kappa shape index (κ1) is 20.1. The molecule has 1 aromatic carbocycles. The molecule has 8 heteroatoms. The summed E-state index contributed by atoms with van der Waals surface area (Å²) in [5.41, 5.74) is -0.411. The number of rotatable bonds is 5. The lowest BCUT2D eigenvalue weighted by atomic mass is 10.00. The second kappa shape index (κ2) is 8.18. The highest BCUT2D eigenvalue weighted by Crippen LogP contribution is 2.43. The zero-order valence-electron chi connectivity index (χ0n) is 15.7. The van der Waals surface area contributed by atoms with E-state index in [2.05, 4.69) is 0 Å². The van der Waals surface area contributed by atoms with Crippen LogP contribution in [-0.2, 0) is 33.3 Å². The van der Waals surface area contributed by atoms with Crippen molar-refractivity contribution >= 4 is 23.7 Å². The molecule has 2 aliphatic heterocycles. The number of esters is 2. The van der Waals surface area contributed by atoms with Gasteiger partial charge in [-0.1, -0.05) is 30.0 Å². The lowest BCUT2D eigenvalue weighted by molar-refractivity contribution is -0.202. The fraction of sp³-hybridized carbons (Fsp3) is 0.579. The number of hydrogen-bond acceptors (Lipinski definition) is 8. The van der Waals surface area contributed by atoms with Gasteiger partial charge in [0.2, 0.25) is 0 Å². The van der Waals surface area contributed by atoms with E-state index >= 15 is 0 Å². The molecular formula is C19H24O7S. The molecule has 7 nitrogen and oxygen atoms in total. The van der Waals surface area contributed by atoms with E-state index in [9.17, 15) is 9.59 Å². The number of benzene rings is 1. The summed E-state index contributed by atoms with van der Waals surface area (Å²) < 4.78 is 28.9. The van der Waals surface area contributed by atoms with Crippen LogP contribution in [0.2, 0.25) is 0 Å². The molecule has 2 heterocycles. The third-order valence-electron chi connectivity index (χ3n) is 4.18. The standard InChI is InChI=1S/C19H24O7S/c1-11(20)22-10-14-15(23-12(2)21)16-17(26-19(3,4)25-16)18(24-14)27-13-8-6-5-7-9-13/h5-9,14-18H,10H2,1-4H3/t14?,15-,16?,17?,18-/m0/s1. The van der Waals surface area contributed by atoms with Crippen molar-refractivity contribution in [2.24, 2.45) is 0 Å². The second-order valence-corrected chi connectivity index (χ2v) is 8.09. The molecule has 0 amide bonds. The van der Waals surface area contributed by atoms with Crippen molar-refractivity contribution in [3.8, 4) is 0 Å². The maximum atomic E-state index is 11.6. The van der Waals surface area contributed by atoms with Gasteiger partial charge in [0.15, 0.2) is 11.9 Å². The summed E-state index contributed by atoms with van der Waals surface area (Å²) >= 11 is 1.49. The molecule has 2 fully saturated rings. The maximum Gasteiger partial charge on any atom is 0.303 e. The molecule has 27 heavy (non-hydrogen) atoms. The molecule has 2 aliphatic rings. The number of fused-ring (bicyclic) bond motifs is 1. The van der Waals surface area contributed by atoms with Gasteiger partial charge in [0.1, 0.15) is 30.4 Å². The Kier molecular flexibility index (Phi) is 6.10. The average molecular weight is 396 g/mol. The molecular weight excluding hydrogens is 372 g/mol. The second-order valence-electron chi connectivity index (χ2n) is 6.92. The molecule has 0 bridgehead atoms. The Bertz CT molecular complexity index is 678. The first-order valence-corrected chi connectivity index (χ1v) is 9.66. The fourth-order valence-corrected chi connectivity index (χ4v) is 4.34. The van der Waals surface area contributed by atoms with E-state index < -0.39 is 47.6 Å². The molecule has 2 saturated heterocycles. The minimum atomic E-state index is -0.844. The molecule has 3 unspecified atom stereocenters. The normalized spacial score (nSPS) is 31.8. The van der Waals surface area contributed by atoms with E-state index in [-0.39, 0.29) is 6.61 Å². The molecule has 0 radical (unpaired) electrons. The van der Waals surface area contributed by atoms with E-state index in [0.717, 1.165) is 4.90 Å². The molecule has 1 aromatic rings. The Morgan fingerprint density at radius 1 is 1.07 bits per heavy atom. The highest BCUT2D eigenvalue weighted by atomic mass is 32.2. The van der Waals surface area contributed by atoms with Crippen LogP contribution >= 0.6 is 11.8 Å². The van der Waals surface area contributed by atoms with Gasteiger partial charge in [-0.2, -0.15) is 0 Å². The monoisotopic (exact) mass is 396 g/mol. The largest absolute Gasteiger partial charge is 0.463 e. The van der Waals surface area contributed by atoms with Gasteiger partial charge >= 0.3 is 11.9 Å². The van der Waals surface area contributed by atoms with Crippen molar-refractivity contribution in [3.63, 3.8) is 0 Å². The Morgan fingerprint density at radius 3 is 2.37 bits per heavy atom. The SMILES string of the molecule is CC(=O)OCC1O[C@@H](Sc2ccccc2)C2OC(C)(C)OC2[C@H]1OC(C)=O. The zero-order valence-corrected chi connectivity index (χ0v) is 16.6. The Morgan fingerprint density at radius 2 is 1.74 bits per heavy atom. The highest BCUT2D eigenvalue weighted by molar-refractivity contribution is 7.99. The maximum absolute atomic E-state index is 11.6. The number of carbonyl (C=O) groups is 2. The van der Waals surface area contributed by atoms with Crippen LogP contribution in [0, 0.1) is 0 Å². The van der Waals surface area contributed by atoms with Gasteiger partial charge in [0.05, 0.1) is 0 Å². The van der Waals surface area contributed by atoms with E-state index in [0.29, 0.717) is 0 Å². The number of hydrogen-bond donors (Lipinski definition) is 0. The van der Waals surface area contributed by atoms with Gasteiger partial charge in [-0.25, -0.2) is 0 Å². The molecule has 3 rings (SSSR count). The van der Waals surface area contributed by atoms with Crippen LogP contribution < -0.4 is 0 Å². The highest BCUT2D eigenvalue weighted by Gasteiger charge is 2.57. The quantitative estimate of drug-likeness (QED) is 0.703. The summed E-state index contributed by atoms with van der Waals surface area (Å²) in [6.07, 6.45) is -2.36. The van der Waals surface area contributed by atoms with Gasteiger partial charge in [0.25, 0.3) is 0 Å². The van der Waals surface area contributed by atoms with Crippen molar-refractivity contribution in [1.82, 2.24) is 0 Å². The van der Waals surface area contributed by atoms with Gasteiger partial charge < -0.3 is 23.7 Å². The molecule has 0 aliphatic carbocycles. The van der Waals surface area contributed by atoms with Crippen molar-refractivity contribution < 1.29 is 33.3 Å². The Balaban J connectivity index is 1.86. The van der Waals surface area contributed by atoms with Crippen LogP contribution in [0.1, 0.15) is 27.7 Å². The van der Waals surface area contributed by atoms with Crippen molar-refractivity contribution in [3.05, 3.63) is 30.3 Å². The minimum absolute atomic E-state index is 0.0356. The number of thioether (sulfide) groups is 1. The summed E-state index contributed by atoms with van der Waals surface area (Å²) in [6.45, 7) is 6.22. The first-order chi connectivity index (χ1) is 12.7. The van der Waals surface area contributed by atoms with E-state index in [1.54, 1.807) is 0 Å². The van der Waals surface area contributed by atoms with E-state index in [1.807, 2.05) is 44.2 Å². The number of ether oxygens (including phenoxy) is 5. The number of carbonyl (C=O) groups excluding carboxylic acids is 2. The third-order valence-corrected chi connectivity index (χ3v) is 5.34. The zero-order chi connectivity index (χ0) is 19.6. The predicted octanol–water partition coefficient (Wildman–Crippen LogP) is 2.52. The fourth-order valence-electron chi connectivity index (χ4n) is 3.22. The molecule has 0 aromatic heterocycles. The average Bonchev–Trinajstić information content (AvgIpc) is 2.92. The van der Waals surface area contributed by atoms with E-state index in [4.69, 9.17) is 23.7 Å². The van der Waals surface area contributed by atoms with Crippen molar-refractivity contribution in [1.29, 1.82) is 0 Å².